The van der Waals surface area contributed by atoms with Crippen LogP contribution in [0.3, 0.4) is 0 Å². The van der Waals surface area contributed by atoms with Gasteiger partial charge in [0.2, 0.25) is 0 Å². The van der Waals surface area contributed by atoms with Gasteiger partial charge in [0.1, 0.15) is 24.2 Å². The Kier molecular flexibility index (Phi) is 6.21. The summed E-state index contributed by atoms with van der Waals surface area (Å²) in [6.07, 6.45) is -0.843. The lowest BCUT2D eigenvalue weighted by atomic mass is 10.00. The van der Waals surface area contributed by atoms with Crippen LogP contribution in [0.5, 0.6) is 11.5 Å². The van der Waals surface area contributed by atoms with Gasteiger partial charge in [0.15, 0.2) is 0 Å². The highest BCUT2D eigenvalue weighted by molar-refractivity contribution is 5.97. The lowest BCUT2D eigenvalue weighted by molar-refractivity contribution is 0.0841. The third-order valence-electron chi connectivity index (χ3n) is 3.62. The molecular weight excluding hydrogens is 306 g/mol. The van der Waals surface area contributed by atoms with Crippen LogP contribution in [0.4, 0.5) is 0 Å². The summed E-state index contributed by atoms with van der Waals surface area (Å²) in [6.45, 7) is 4.14. The van der Waals surface area contributed by atoms with E-state index in [1.54, 1.807) is 24.3 Å². The first kappa shape index (κ1) is 17.8. The minimum absolute atomic E-state index is 0.0387. The van der Waals surface area contributed by atoms with Crippen molar-refractivity contribution in [3.8, 4) is 11.5 Å². The van der Waals surface area contributed by atoms with Crippen molar-refractivity contribution in [1.29, 1.82) is 0 Å². The molecule has 0 radical (unpaired) electrons. The second-order valence-corrected chi connectivity index (χ2v) is 5.92. The Morgan fingerprint density at radius 2 is 1.88 bits per heavy atom. The maximum Gasteiger partial charge on any atom is 0.255 e. The van der Waals surface area contributed by atoms with E-state index < -0.39 is 12.0 Å². The number of hydrogen-bond donors (Lipinski definition) is 3. The van der Waals surface area contributed by atoms with Crippen LogP contribution in [0.25, 0.3) is 0 Å². The molecule has 0 aliphatic carbocycles. The molecule has 2 aromatic rings. The molecule has 0 aromatic heterocycles. The Hall–Kier alpha value is -2.53. The summed E-state index contributed by atoms with van der Waals surface area (Å²) in [5.41, 5.74) is 1.17. The number of rotatable bonds is 7. The zero-order valence-electron chi connectivity index (χ0n) is 13.9. The molecule has 1 amide bonds. The first-order valence-electron chi connectivity index (χ1n) is 7.94. The first-order chi connectivity index (χ1) is 11.5. The largest absolute Gasteiger partial charge is 0.507 e. The summed E-state index contributed by atoms with van der Waals surface area (Å²) in [5.74, 6) is 0.410. The van der Waals surface area contributed by atoms with Gasteiger partial charge in [-0.2, -0.15) is 0 Å². The molecule has 128 valence electrons. The fourth-order valence-electron chi connectivity index (χ4n) is 2.17. The zero-order valence-corrected chi connectivity index (χ0v) is 13.9. The molecule has 0 saturated carbocycles. The normalized spacial score (nSPS) is 12.0. The van der Waals surface area contributed by atoms with Crippen LogP contribution in [0.1, 0.15) is 35.7 Å². The van der Waals surface area contributed by atoms with Crippen molar-refractivity contribution in [2.45, 2.75) is 25.9 Å². The van der Waals surface area contributed by atoms with Gasteiger partial charge in [-0.15, -0.1) is 0 Å². The molecule has 2 aromatic carbocycles. The van der Waals surface area contributed by atoms with E-state index in [0.717, 1.165) is 5.56 Å². The van der Waals surface area contributed by atoms with Crippen molar-refractivity contribution >= 4 is 5.91 Å². The van der Waals surface area contributed by atoms with Crippen molar-refractivity contribution in [2.24, 2.45) is 0 Å². The number of hydrogen-bond acceptors (Lipinski definition) is 4. The van der Waals surface area contributed by atoms with Gasteiger partial charge in [0, 0.05) is 6.54 Å². The molecule has 0 aliphatic heterocycles. The number of aliphatic hydroxyl groups excluding tert-OH is 1. The molecule has 0 aliphatic rings. The summed E-state index contributed by atoms with van der Waals surface area (Å²) in [7, 11) is 0. The number of benzene rings is 2. The van der Waals surface area contributed by atoms with E-state index in [9.17, 15) is 15.0 Å². The topological polar surface area (TPSA) is 78.8 Å². The summed E-state index contributed by atoms with van der Waals surface area (Å²) >= 11 is 0. The average Bonchev–Trinajstić information content (AvgIpc) is 2.59. The van der Waals surface area contributed by atoms with Crippen LogP contribution in [-0.4, -0.2) is 35.4 Å². The van der Waals surface area contributed by atoms with Crippen LogP contribution in [0.2, 0.25) is 0 Å². The van der Waals surface area contributed by atoms with Gasteiger partial charge in [0.25, 0.3) is 5.91 Å². The quantitative estimate of drug-likeness (QED) is 0.730. The maximum absolute atomic E-state index is 12.2. The highest BCUT2D eigenvalue weighted by Crippen LogP contribution is 2.23. The van der Waals surface area contributed by atoms with Crippen molar-refractivity contribution in [2.75, 3.05) is 13.2 Å². The van der Waals surface area contributed by atoms with Crippen LogP contribution in [0, 0.1) is 0 Å². The van der Waals surface area contributed by atoms with E-state index >= 15 is 0 Å². The molecule has 1 atom stereocenters. The Morgan fingerprint density at radius 1 is 1.17 bits per heavy atom. The summed E-state index contributed by atoms with van der Waals surface area (Å²) < 4.78 is 5.43. The van der Waals surface area contributed by atoms with Crippen molar-refractivity contribution in [1.82, 2.24) is 5.32 Å². The van der Waals surface area contributed by atoms with E-state index in [1.807, 2.05) is 32.0 Å². The molecule has 0 heterocycles. The van der Waals surface area contributed by atoms with Crippen LogP contribution in [-0.2, 0) is 0 Å². The Morgan fingerprint density at radius 3 is 2.54 bits per heavy atom. The van der Waals surface area contributed by atoms with Gasteiger partial charge < -0.3 is 20.3 Å². The molecule has 24 heavy (non-hydrogen) atoms. The van der Waals surface area contributed by atoms with E-state index in [0.29, 0.717) is 5.75 Å². The molecule has 0 bridgehead atoms. The smallest absolute Gasteiger partial charge is 0.255 e. The molecule has 0 saturated heterocycles. The van der Waals surface area contributed by atoms with Gasteiger partial charge >= 0.3 is 0 Å². The number of phenolic OH excluding ortho intramolecular Hbond substituents is 1. The number of carbonyl (C=O) groups is 1. The van der Waals surface area contributed by atoms with Gasteiger partial charge in [-0.05, 0) is 35.7 Å². The number of amides is 1. The van der Waals surface area contributed by atoms with Crippen molar-refractivity contribution in [3.63, 3.8) is 0 Å². The standard InChI is InChI=1S/C19H23NO4/c1-13(2)14-8-9-18(22)17(10-14)19(23)20-11-15(21)12-24-16-6-4-3-5-7-16/h3-10,13,15,21-22H,11-12H2,1-2H3,(H,20,23). The first-order valence-corrected chi connectivity index (χ1v) is 7.94. The molecular formula is C19H23NO4. The molecule has 5 heteroatoms. The van der Waals surface area contributed by atoms with Gasteiger partial charge in [-0.3, -0.25) is 4.79 Å². The number of phenols is 1. The van der Waals surface area contributed by atoms with Crippen LogP contribution < -0.4 is 10.1 Å². The van der Waals surface area contributed by atoms with Gasteiger partial charge in [-0.25, -0.2) is 0 Å². The number of ether oxygens (including phenoxy) is 1. The lowest BCUT2D eigenvalue weighted by Crippen LogP contribution is -2.35. The molecule has 0 spiro atoms. The Balaban J connectivity index is 1.87. The molecule has 2 rings (SSSR count). The second-order valence-electron chi connectivity index (χ2n) is 5.92. The zero-order chi connectivity index (χ0) is 17.5. The third-order valence-corrected chi connectivity index (χ3v) is 3.62. The predicted molar refractivity (Wildman–Crippen MR) is 92.5 cm³/mol. The minimum atomic E-state index is -0.843. The van der Waals surface area contributed by atoms with Crippen LogP contribution in [0.15, 0.2) is 48.5 Å². The molecule has 3 N–H and O–H groups in total. The Bertz CT molecular complexity index is 670. The highest BCUT2D eigenvalue weighted by atomic mass is 16.5. The molecule has 5 nitrogen and oxygen atoms in total. The van der Waals surface area contributed by atoms with E-state index in [1.165, 1.54) is 6.07 Å². The minimum Gasteiger partial charge on any atom is -0.507 e. The monoisotopic (exact) mass is 329 g/mol. The van der Waals surface area contributed by atoms with Crippen LogP contribution >= 0.6 is 0 Å². The van der Waals surface area contributed by atoms with Gasteiger partial charge in [-0.1, -0.05) is 38.1 Å². The molecule has 1 unspecified atom stereocenters. The summed E-state index contributed by atoms with van der Waals surface area (Å²) in [6, 6.07) is 14.1. The summed E-state index contributed by atoms with van der Waals surface area (Å²) in [4.78, 5) is 12.2. The molecule has 0 fully saturated rings. The number of aromatic hydroxyl groups is 1. The van der Waals surface area contributed by atoms with E-state index in [4.69, 9.17) is 4.74 Å². The number of carbonyl (C=O) groups excluding carboxylic acids is 1. The fraction of sp³-hybridized carbons (Fsp3) is 0.316. The predicted octanol–water partition coefficient (Wildman–Crippen LogP) is 2.69. The summed E-state index contributed by atoms with van der Waals surface area (Å²) in [5, 5.41) is 22.4. The van der Waals surface area contributed by atoms with Gasteiger partial charge in [0.05, 0.1) is 5.56 Å². The SMILES string of the molecule is CC(C)c1ccc(O)c(C(=O)NCC(O)COc2ccccc2)c1. The maximum atomic E-state index is 12.2. The fourth-order valence-corrected chi connectivity index (χ4v) is 2.17. The second kappa shape index (κ2) is 8.36. The number of nitrogens with one attached hydrogen (secondary N) is 1. The van der Waals surface area contributed by atoms with E-state index in [-0.39, 0.29) is 30.4 Å². The Labute approximate surface area is 141 Å². The number of aliphatic hydroxyl groups is 1. The number of para-hydroxylation sites is 1. The lowest BCUT2D eigenvalue weighted by Gasteiger charge is -2.14. The third kappa shape index (κ3) is 4.99. The van der Waals surface area contributed by atoms with E-state index in [2.05, 4.69) is 5.32 Å². The highest BCUT2D eigenvalue weighted by Gasteiger charge is 2.15. The van der Waals surface area contributed by atoms with Crippen molar-refractivity contribution < 1.29 is 19.7 Å². The average molecular weight is 329 g/mol. The van der Waals surface area contributed by atoms with Crippen molar-refractivity contribution in [3.05, 3.63) is 59.7 Å².